The van der Waals surface area contributed by atoms with Crippen molar-refractivity contribution in [1.29, 1.82) is 5.26 Å². The van der Waals surface area contributed by atoms with Crippen molar-refractivity contribution in [3.8, 4) is 6.07 Å². The number of hydrogen-bond acceptors (Lipinski definition) is 5. The number of carbonyl (C=O) groups is 2. The summed E-state index contributed by atoms with van der Waals surface area (Å²) in [5, 5.41) is 11.7. The molecule has 0 bridgehead atoms. The van der Waals surface area contributed by atoms with Crippen molar-refractivity contribution in [2.75, 3.05) is 11.9 Å². The number of anilines is 1. The monoisotopic (exact) mass is 246 g/mol. The number of carbonyl (C=O) groups excluding carboxylic acids is 2. The number of ether oxygens (including phenoxy) is 2. The molecule has 92 valence electrons. The lowest BCUT2D eigenvalue weighted by molar-refractivity contribution is -0.131. The van der Waals surface area contributed by atoms with Crippen molar-refractivity contribution >= 4 is 17.7 Å². The molecule has 0 aromatic heterocycles. The van der Waals surface area contributed by atoms with Gasteiger partial charge in [-0.25, -0.2) is 4.79 Å². The van der Waals surface area contributed by atoms with Crippen molar-refractivity contribution in [2.45, 2.75) is 12.5 Å². The second-order valence-electron chi connectivity index (χ2n) is 3.58. The van der Waals surface area contributed by atoms with Gasteiger partial charge in [-0.3, -0.25) is 4.79 Å². The number of nitrogens with one attached hydrogen (secondary N) is 1. The van der Waals surface area contributed by atoms with Crippen LogP contribution >= 0.6 is 0 Å². The minimum Gasteiger partial charge on any atom is -0.435 e. The highest BCUT2D eigenvalue weighted by atomic mass is 16.7. The molecule has 0 spiro atoms. The first-order valence-electron chi connectivity index (χ1n) is 5.32. The van der Waals surface area contributed by atoms with Gasteiger partial charge in [-0.2, -0.15) is 5.26 Å². The van der Waals surface area contributed by atoms with E-state index in [0.717, 1.165) is 0 Å². The van der Waals surface area contributed by atoms with Crippen molar-refractivity contribution in [3.63, 3.8) is 0 Å². The van der Waals surface area contributed by atoms with Gasteiger partial charge in [0.1, 0.15) is 6.07 Å². The molecular formula is C12H10N2O4. The predicted octanol–water partition coefficient (Wildman–Crippen LogP) is 1.53. The molecule has 1 aliphatic heterocycles. The third-order valence-corrected chi connectivity index (χ3v) is 2.53. The van der Waals surface area contributed by atoms with Crippen molar-refractivity contribution in [1.82, 2.24) is 0 Å². The number of para-hydroxylation sites is 1. The fourth-order valence-electron chi connectivity index (χ4n) is 1.74. The second-order valence-corrected chi connectivity index (χ2v) is 3.58. The van der Waals surface area contributed by atoms with Crippen LogP contribution in [0, 0.1) is 11.3 Å². The van der Waals surface area contributed by atoms with Crippen LogP contribution in [0.3, 0.4) is 0 Å². The number of hydrogen-bond donors (Lipinski definition) is 1. The van der Waals surface area contributed by atoms with Crippen molar-refractivity contribution in [2.24, 2.45) is 0 Å². The summed E-state index contributed by atoms with van der Waals surface area (Å²) >= 11 is 0. The van der Waals surface area contributed by atoms with E-state index in [2.05, 4.69) is 10.1 Å². The van der Waals surface area contributed by atoms with Crippen LogP contribution in [-0.2, 0) is 19.9 Å². The van der Waals surface area contributed by atoms with Crippen molar-refractivity contribution in [3.05, 3.63) is 29.8 Å². The van der Waals surface area contributed by atoms with Crippen LogP contribution in [0.15, 0.2) is 24.3 Å². The number of nitriles is 1. The topological polar surface area (TPSA) is 88.4 Å². The fourth-order valence-corrected chi connectivity index (χ4v) is 1.74. The third-order valence-electron chi connectivity index (χ3n) is 2.53. The zero-order valence-electron chi connectivity index (χ0n) is 9.60. The number of benzene rings is 1. The smallest absolute Gasteiger partial charge is 0.435 e. The van der Waals surface area contributed by atoms with E-state index >= 15 is 0 Å². The quantitative estimate of drug-likeness (QED) is 0.799. The minimum absolute atomic E-state index is 0.101. The molecule has 0 fully saturated rings. The van der Waals surface area contributed by atoms with Crippen LogP contribution in [0.5, 0.6) is 0 Å². The summed E-state index contributed by atoms with van der Waals surface area (Å²) in [6.07, 6.45) is -1.05. The first kappa shape index (κ1) is 11.9. The van der Waals surface area contributed by atoms with Crippen LogP contribution in [0.1, 0.15) is 12.5 Å². The first-order chi connectivity index (χ1) is 8.64. The molecule has 1 amide bonds. The summed E-state index contributed by atoms with van der Waals surface area (Å²) in [5.41, 5.74) is -1.21. The average molecular weight is 246 g/mol. The van der Waals surface area contributed by atoms with E-state index in [9.17, 15) is 14.9 Å². The lowest BCUT2D eigenvalue weighted by atomic mass is 9.97. The van der Waals surface area contributed by atoms with Gasteiger partial charge >= 0.3 is 11.8 Å². The van der Waals surface area contributed by atoms with Crippen LogP contribution in [0.25, 0.3) is 0 Å². The Balaban J connectivity index is 2.41. The summed E-state index contributed by atoms with van der Waals surface area (Å²) in [7, 11) is 0. The van der Waals surface area contributed by atoms with Gasteiger partial charge in [-0.15, -0.1) is 0 Å². The van der Waals surface area contributed by atoms with Gasteiger partial charge < -0.3 is 14.8 Å². The minimum atomic E-state index is -1.97. The van der Waals surface area contributed by atoms with Gasteiger partial charge in [-0.1, -0.05) is 18.2 Å². The molecule has 2 rings (SSSR count). The van der Waals surface area contributed by atoms with E-state index in [4.69, 9.17) is 4.74 Å². The molecule has 1 unspecified atom stereocenters. The Kier molecular flexibility index (Phi) is 2.90. The molecule has 1 aliphatic rings. The van der Waals surface area contributed by atoms with Crippen LogP contribution in [-0.4, -0.2) is 18.7 Å². The Morgan fingerprint density at radius 1 is 1.50 bits per heavy atom. The highest BCUT2D eigenvalue weighted by Gasteiger charge is 2.51. The second kappa shape index (κ2) is 4.37. The van der Waals surface area contributed by atoms with Crippen molar-refractivity contribution < 1.29 is 19.1 Å². The summed E-state index contributed by atoms with van der Waals surface area (Å²) in [5.74, 6) is -0.695. The zero-order chi connectivity index (χ0) is 13.2. The number of rotatable bonds is 2. The maximum Gasteiger partial charge on any atom is 0.510 e. The lowest BCUT2D eigenvalue weighted by Gasteiger charge is -2.18. The van der Waals surface area contributed by atoms with E-state index in [1.54, 1.807) is 37.3 Å². The molecule has 6 heteroatoms. The van der Waals surface area contributed by atoms with E-state index in [0.29, 0.717) is 11.3 Å². The number of amides is 1. The SMILES string of the molecule is CCOC(=O)OC1(C#N)C(=O)Nc2ccccc21. The van der Waals surface area contributed by atoms with Crippen LogP contribution in [0.4, 0.5) is 10.5 Å². The van der Waals surface area contributed by atoms with E-state index in [1.807, 2.05) is 0 Å². The molecule has 6 nitrogen and oxygen atoms in total. The van der Waals surface area contributed by atoms with Gasteiger partial charge in [0.2, 0.25) is 0 Å². The maximum absolute atomic E-state index is 11.9. The molecule has 0 saturated heterocycles. The van der Waals surface area contributed by atoms with Gasteiger partial charge in [0, 0.05) is 11.3 Å². The van der Waals surface area contributed by atoms with E-state index in [1.165, 1.54) is 0 Å². The predicted molar refractivity (Wildman–Crippen MR) is 60.5 cm³/mol. The fraction of sp³-hybridized carbons (Fsp3) is 0.250. The molecule has 1 atom stereocenters. The molecule has 0 radical (unpaired) electrons. The summed E-state index contributed by atoms with van der Waals surface area (Å²) in [6, 6.07) is 8.27. The third kappa shape index (κ3) is 1.66. The van der Waals surface area contributed by atoms with Crippen LogP contribution < -0.4 is 5.32 Å². The molecule has 1 aromatic carbocycles. The Morgan fingerprint density at radius 3 is 2.89 bits per heavy atom. The van der Waals surface area contributed by atoms with Gasteiger partial charge in [0.25, 0.3) is 5.91 Å². The summed E-state index contributed by atoms with van der Waals surface area (Å²) in [4.78, 5) is 23.2. The standard InChI is InChI=1S/C12H10N2O4/c1-2-17-11(16)18-12(7-13)8-5-3-4-6-9(8)14-10(12)15/h3-6H,2H2,1H3,(H,14,15). The van der Waals surface area contributed by atoms with Gasteiger partial charge in [-0.05, 0) is 13.0 Å². The molecular weight excluding hydrogens is 236 g/mol. The Labute approximate surface area is 103 Å². The molecule has 0 aliphatic carbocycles. The zero-order valence-corrected chi connectivity index (χ0v) is 9.60. The Morgan fingerprint density at radius 2 is 2.22 bits per heavy atom. The number of nitrogens with zero attached hydrogens (tertiary/aromatic N) is 1. The lowest BCUT2D eigenvalue weighted by Crippen LogP contribution is -2.38. The maximum atomic E-state index is 11.9. The molecule has 18 heavy (non-hydrogen) atoms. The van der Waals surface area contributed by atoms with E-state index < -0.39 is 17.7 Å². The highest BCUT2D eigenvalue weighted by Crippen LogP contribution is 2.38. The largest absolute Gasteiger partial charge is 0.510 e. The molecule has 1 heterocycles. The Hall–Kier alpha value is -2.55. The van der Waals surface area contributed by atoms with E-state index in [-0.39, 0.29) is 6.61 Å². The van der Waals surface area contributed by atoms with Crippen LogP contribution in [0.2, 0.25) is 0 Å². The molecule has 0 saturated carbocycles. The normalized spacial score (nSPS) is 20.6. The number of fused-ring (bicyclic) bond motifs is 1. The van der Waals surface area contributed by atoms with Gasteiger partial charge in [0.05, 0.1) is 6.61 Å². The average Bonchev–Trinajstić information content (AvgIpc) is 2.63. The Bertz CT molecular complexity index is 549. The summed E-state index contributed by atoms with van der Waals surface area (Å²) < 4.78 is 9.49. The molecule has 1 N–H and O–H groups in total. The first-order valence-corrected chi connectivity index (χ1v) is 5.32. The highest BCUT2D eigenvalue weighted by molar-refractivity contribution is 6.07. The van der Waals surface area contributed by atoms with Gasteiger partial charge in [0.15, 0.2) is 0 Å². The summed E-state index contributed by atoms with van der Waals surface area (Å²) in [6.45, 7) is 1.70. The molecule has 1 aromatic rings.